The van der Waals surface area contributed by atoms with E-state index in [1.807, 2.05) is 29.9 Å². The number of imidazole rings is 1. The van der Waals surface area contributed by atoms with E-state index in [2.05, 4.69) is 24.8 Å². The van der Waals surface area contributed by atoms with Crippen LogP contribution in [0.5, 0.6) is 0 Å². The lowest BCUT2D eigenvalue weighted by atomic mass is 10.2. The fourth-order valence-electron chi connectivity index (χ4n) is 2.66. The third kappa shape index (κ3) is 2.44. The summed E-state index contributed by atoms with van der Waals surface area (Å²) in [4.78, 5) is 13.3. The van der Waals surface area contributed by atoms with Crippen molar-refractivity contribution in [2.45, 2.75) is 19.2 Å². The number of ether oxygens (including phenoxy) is 1. The Bertz CT molecular complexity index is 739. The summed E-state index contributed by atoms with van der Waals surface area (Å²) in [6.45, 7) is 2.83. The van der Waals surface area contributed by atoms with Crippen molar-refractivity contribution in [3.05, 3.63) is 40.7 Å². The molecule has 3 aromatic heterocycles. The molecule has 0 fully saturated rings. The van der Waals surface area contributed by atoms with E-state index in [1.54, 1.807) is 11.3 Å². The second kappa shape index (κ2) is 5.51. The molecule has 1 unspecified atom stereocenters. The summed E-state index contributed by atoms with van der Waals surface area (Å²) < 4.78 is 7.86. The van der Waals surface area contributed by atoms with Gasteiger partial charge < -0.3 is 14.6 Å². The van der Waals surface area contributed by atoms with E-state index in [4.69, 9.17) is 4.74 Å². The molecule has 1 atom stereocenters. The SMILES string of the molecule is c1cnc2c(c1)nc1n2C(CNCc2nccs2)COC1. The van der Waals surface area contributed by atoms with Crippen LogP contribution in [0, 0.1) is 0 Å². The first-order valence-electron chi connectivity index (χ1n) is 6.90. The van der Waals surface area contributed by atoms with Crippen molar-refractivity contribution in [2.24, 2.45) is 0 Å². The molecule has 1 aliphatic heterocycles. The lowest BCUT2D eigenvalue weighted by Crippen LogP contribution is -2.32. The summed E-state index contributed by atoms with van der Waals surface area (Å²) in [5, 5.41) is 6.53. The molecule has 21 heavy (non-hydrogen) atoms. The topological polar surface area (TPSA) is 64.9 Å². The predicted octanol–water partition coefficient (Wildman–Crippen LogP) is 1.75. The summed E-state index contributed by atoms with van der Waals surface area (Å²) in [5.41, 5.74) is 1.87. The molecule has 0 saturated heterocycles. The highest BCUT2D eigenvalue weighted by molar-refractivity contribution is 7.09. The third-order valence-electron chi connectivity index (χ3n) is 3.57. The lowest BCUT2D eigenvalue weighted by Gasteiger charge is -2.25. The zero-order chi connectivity index (χ0) is 14.1. The maximum absolute atomic E-state index is 5.66. The molecule has 0 bridgehead atoms. The summed E-state index contributed by atoms with van der Waals surface area (Å²) in [5.74, 6) is 0.955. The van der Waals surface area contributed by atoms with Gasteiger partial charge in [-0.05, 0) is 12.1 Å². The Labute approximate surface area is 125 Å². The standard InChI is InChI=1S/C14H15N5OS/c1-2-11-14(17-3-1)19-10(8-20-9-12(19)18-11)6-15-7-13-16-4-5-21-13/h1-5,10,15H,6-9H2. The van der Waals surface area contributed by atoms with Crippen molar-refractivity contribution in [3.8, 4) is 0 Å². The minimum Gasteiger partial charge on any atom is -0.371 e. The summed E-state index contributed by atoms with van der Waals surface area (Å²) in [6.07, 6.45) is 3.64. The number of thiazole rings is 1. The van der Waals surface area contributed by atoms with Gasteiger partial charge in [-0.3, -0.25) is 0 Å². The maximum Gasteiger partial charge on any atom is 0.160 e. The molecule has 1 aliphatic rings. The van der Waals surface area contributed by atoms with Gasteiger partial charge in [-0.2, -0.15) is 0 Å². The first kappa shape index (κ1) is 12.9. The Morgan fingerprint density at radius 1 is 1.38 bits per heavy atom. The molecule has 4 heterocycles. The average molecular weight is 301 g/mol. The van der Waals surface area contributed by atoms with Crippen molar-refractivity contribution in [3.63, 3.8) is 0 Å². The van der Waals surface area contributed by atoms with Crippen LogP contribution in [0.25, 0.3) is 11.2 Å². The van der Waals surface area contributed by atoms with Gasteiger partial charge in [0.2, 0.25) is 0 Å². The van der Waals surface area contributed by atoms with Crippen LogP contribution in [0.15, 0.2) is 29.9 Å². The van der Waals surface area contributed by atoms with E-state index in [9.17, 15) is 0 Å². The molecular weight excluding hydrogens is 286 g/mol. The van der Waals surface area contributed by atoms with Crippen molar-refractivity contribution >= 4 is 22.5 Å². The van der Waals surface area contributed by atoms with Gasteiger partial charge in [-0.1, -0.05) is 0 Å². The third-order valence-corrected chi connectivity index (χ3v) is 4.35. The lowest BCUT2D eigenvalue weighted by molar-refractivity contribution is 0.0561. The summed E-state index contributed by atoms with van der Waals surface area (Å²) in [6, 6.07) is 4.12. The number of pyridine rings is 1. The fraction of sp³-hybridized carbons (Fsp3) is 0.357. The van der Waals surface area contributed by atoms with E-state index in [-0.39, 0.29) is 6.04 Å². The van der Waals surface area contributed by atoms with Crippen LogP contribution < -0.4 is 5.32 Å². The van der Waals surface area contributed by atoms with Gasteiger partial charge in [0.05, 0.1) is 12.6 Å². The van der Waals surface area contributed by atoms with Crippen molar-refractivity contribution < 1.29 is 4.74 Å². The highest BCUT2D eigenvalue weighted by Crippen LogP contribution is 2.24. The Balaban J connectivity index is 1.55. The molecule has 0 spiro atoms. The van der Waals surface area contributed by atoms with E-state index in [0.717, 1.165) is 35.1 Å². The zero-order valence-corrected chi connectivity index (χ0v) is 12.2. The number of aromatic nitrogens is 4. The van der Waals surface area contributed by atoms with Crippen molar-refractivity contribution in [1.82, 2.24) is 24.8 Å². The van der Waals surface area contributed by atoms with Gasteiger partial charge in [0, 0.05) is 30.9 Å². The Morgan fingerprint density at radius 3 is 3.29 bits per heavy atom. The van der Waals surface area contributed by atoms with E-state index >= 15 is 0 Å². The Morgan fingerprint density at radius 2 is 2.38 bits per heavy atom. The molecule has 7 heteroatoms. The first-order chi connectivity index (χ1) is 10.4. The molecule has 0 amide bonds. The Kier molecular flexibility index (Phi) is 3.38. The Hall–Kier alpha value is -1.83. The van der Waals surface area contributed by atoms with Crippen LogP contribution in [0.3, 0.4) is 0 Å². The summed E-state index contributed by atoms with van der Waals surface area (Å²) >= 11 is 1.66. The minimum absolute atomic E-state index is 0.216. The quantitative estimate of drug-likeness (QED) is 0.795. The highest BCUT2D eigenvalue weighted by Gasteiger charge is 2.24. The van der Waals surface area contributed by atoms with Gasteiger partial charge in [0.15, 0.2) is 5.65 Å². The van der Waals surface area contributed by atoms with Crippen LogP contribution in [-0.4, -0.2) is 32.7 Å². The molecule has 3 aromatic rings. The van der Waals surface area contributed by atoms with Gasteiger partial charge >= 0.3 is 0 Å². The molecule has 108 valence electrons. The normalized spacial score (nSPS) is 18.0. The molecule has 1 N–H and O–H groups in total. The highest BCUT2D eigenvalue weighted by atomic mass is 32.1. The van der Waals surface area contributed by atoms with Crippen LogP contribution in [0.1, 0.15) is 16.9 Å². The van der Waals surface area contributed by atoms with E-state index < -0.39 is 0 Å². The minimum atomic E-state index is 0.216. The molecule has 4 rings (SSSR count). The number of hydrogen-bond donors (Lipinski definition) is 1. The molecule has 0 aliphatic carbocycles. The van der Waals surface area contributed by atoms with Crippen molar-refractivity contribution in [2.75, 3.05) is 13.2 Å². The molecule has 0 saturated carbocycles. The number of nitrogens with zero attached hydrogens (tertiary/aromatic N) is 4. The second-order valence-corrected chi connectivity index (χ2v) is 5.95. The van der Waals surface area contributed by atoms with Crippen LogP contribution >= 0.6 is 11.3 Å². The monoisotopic (exact) mass is 301 g/mol. The zero-order valence-electron chi connectivity index (χ0n) is 11.4. The van der Waals surface area contributed by atoms with E-state index in [1.165, 1.54) is 0 Å². The van der Waals surface area contributed by atoms with Gasteiger partial charge in [-0.15, -0.1) is 11.3 Å². The van der Waals surface area contributed by atoms with Crippen molar-refractivity contribution in [1.29, 1.82) is 0 Å². The fourth-order valence-corrected chi connectivity index (χ4v) is 3.24. The second-order valence-electron chi connectivity index (χ2n) is 4.97. The first-order valence-corrected chi connectivity index (χ1v) is 7.78. The number of rotatable bonds is 4. The maximum atomic E-state index is 5.66. The van der Waals surface area contributed by atoms with Crippen LogP contribution in [0.2, 0.25) is 0 Å². The van der Waals surface area contributed by atoms with Crippen LogP contribution in [-0.2, 0) is 17.9 Å². The molecule has 0 aromatic carbocycles. The van der Waals surface area contributed by atoms with E-state index in [0.29, 0.717) is 13.2 Å². The van der Waals surface area contributed by atoms with Gasteiger partial charge in [-0.25, -0.2) is 15.0 Å². The van der Waals surface area contributed by atoms with Gasteiger partial charge in [0.25, 0.3) is 0 Å². The van der Waals surface area contributed by atoms with Crippen LogP contribution in [0.4, 0.5) is 0 Å². The number of nitrogens with one attached hydrogen (secondary N) is 1. The van der Waals surface area contributed by atoms with Gasteiger partial charge in [0.1, 0.15) is 23.0 Å². The largest absolute Gasteiger partial charge is 0.371 e. The predicted molar refractivity (Wildman–Crippen MR) is 80.0 cm³/mol. The molecular formula is C14H15N5OS. The average Bonchev–Trinajstić information content (AvgIpc) is 3.14. The summed E-state index contributed by atoms with van der Waals surface area (Å²) in [7, 11) is 0. The molecule has 6 nitrogen and oxygen atoms in total. The number of fused-ring (bicyclic) bond motifs is 3. The number of hydrogen-bond acceptors (Lipinski definition) is 6. The smallest absolute Gasteiger partial charge is 0.160 e. The molecule has 0 radical (unpaired) electrons.